The number of hydrogen-bond donors (Lipinski definition) is 0. The molecule has 0 amide bonds. The number of methoxy groups -OCH3 is 1. The molecular formula is C9H7IN2O2. The van der Waals surface area contributed by atoms with E-state index >= 15 is 0 Å². The zero-order chi connectivity index (χ0) is 9.97. The SMILES string of the molecule is COc1ccc(-c2nnc(I)o2)cc1. The molecule has 1 aromatic heterocycles. The minimum absolute atomic E-state index is 0.525. The van der Waals surface area contributed by atoms with Crippen molar-refractivity contribution in [2.24, 2.45) is 0 Å². The summed E-state index contributed by atoms with van der Waals surface area (Å²) in [7, 11) is 1.63. The summed E-state index contributed by atoms with van der Waals surface area (Å²) in [5.41, 5.74) is 0.890. The Bertz CT molecular complexity index is 425. The lowest BCUT2D eigenvalue weighted by atomic mass is 10.2. The number of rotatable bonds is 2. The summed E-state index contributed by atoms with van der Waals surface area (Å²) in [6.45, 7) is 0. The van der Waals surface area contributed by atoms with Crippen LogP contribution in [-0.4, -0.2) is 17.3 Å². The second-order valence-electron chi connectivity index (χ2n) is 2.59. The van der Waals surface area contributed by atoms with Crippen LogP contribution >= 0.6 is 22.6 Å². The van der Waals surface area contributed by atoms with Crippen LogP contribution in [0, 0.1) is 3.90 Å². The van der Waals surface area contributed by atoms with Crippen LogP contribution in [0.1, 0.15) is 0 Å². The van der Waals surface area contributed by atoms with E-state index in [-0.39, 0.29) is 0 Å². The number of benzene rings is 1. The number of ether oxygens (including phenoxy) is 1. The van der Waals surface area contributed by atoms with E-state index in [1.54, 1.807) is 7.11 Å². The van der Waals surface area contributed by atoms with Gasteiger partial charge in [0.05, 0.1) is 7.11 Å². The van der Waals surface area contributed by atoms with Gasteiger partial charge in [-0.05, 0) is 24.3 Å². The molecule has 0 radical (unpaired) electrons. The molecule has 0 N–H and O–H groups in total. The quantitative estimate of drug-likeness (QED) is 0.799. The highest BCUT2D eigenvalue weighted by atomic mass is 127. The van der Waals surface area contributed by atoms with E-state index in [0.29, 0.717) is 9.79 Å². The van der Waals surface area contributed by atoms with Gasteiger partial charge in [-0.1, -0.05) is 0 Å². The molecular weight excluding hydrogens is 295 g/mol. The molecule has 1 aromatic carbocycles. The van der Waals surface area contributed by atoms with E-state index in [1.807, 2.05) is 46.9 Å². The van der Waals surface area contributed by atoms with Crippen LogP contribution in [0.3, 0.4) is 0 Å². The van der Waals surface area contributed by atoms with E-state index in [0.717, 1.165) is 11.3 Å². The summed E-state index contributed by atoms with van der Waals surface area (Å²) in [5, 5.41) is 7.65. The molecule has 0 bridgehead atoms. The van der Waals surface area contributed by atoms with Gasteiger partial charge in [0.15, 0.2) is 0 Å². The number of aromatic nitrogens is 2. The van der Waals surface area contributed by atoms with Crippen LogP contribution in [0.15, 0.2) is 28.7 Å². The molecule has 0 saturated carbocycles. The minimum atomic E-state index is 0.525. The first kappa shape index (κ1) is 9.45. The van der Waals surface area contributed by atoms with E-state index in [4.69, 9.17) is 9.15 Å². The molecule has 1 heterocycles. The first-order valence-electron chi connectivity index (χ1n) is 3.93. The van der Waals surface area contributed by atoms with Gasteiger partial charge in [-0.25, -0.2) is 0 Å². The van der Waals surface area contributed by atoms with Crippen molar-refractivity contribution in [3.8, 4) is 17.2 Å². The van der Waals surface area contributed by atoms with E-state index in [2.05, 4.69) is 10.2 Å². The maximum absolute atomic E-state index is 5.27. The fourth-order valence-electron chi connectivity index (χ4n) is 1.06. The zero-order valence-electron chi connectivity index (χ0n) is 7.40. The van der Waals surface area contributed by atoms with E-state index in [1.165, 1.54) is 0 Å². The van der Waals surface area contributed by atoms with Gasteiger partial charge >= 0.3 is 0 Å². The van der Waals surface area contributed by atoms with Crippen LogP contribution in [0.25, 0.3) is 11.5 Å². The van der Waals surface area contributed by atoms with Gasteiger partial charge in [-0.3, -0.25) is 0 Å². The van der Waals surface area contributed by atoms with Gasteiger partial charge in [0.1, 0.15) is 5.75 Å². The van der Waals surface area contributed by atoms with Crippen molar-refractivity contribution < 1.29 is 9.15 Å². The fourth-order valence-corrected chi connectivity index (χ4v) is 1.37. The maximum Gasteiger partial charge on any atom is 0.278 e. The highest BCUT2D eigenvalue weighted by molar-refractivity contribution is 14.1. The molecule has 0 atom stereocenters. The molecule has 0 unspecified atom stereocenters. The van der Waals surface area contributed by atoms with Crippen LogP contribution < -0.4 is 4.74 Å². The van der Waals surface area contributed by atoms with Crippen molar-refractivity contribution in [2.75, 3.05) is 7.11 Å². The standard InChI is InChI=1S/C9H7IN2O2/c1-13-7-4-2-6(3-5-7)8-11-12-9(10)14-8/h2-5H,1H3. The van der Waals surface area contributed by atoms with Gasteiger partial charge in [-0.2, -0.15) is 0 Å². The molecule has 5 heteroatoms. The highest BCUT2D eigenvalue weighted by Crippen LogP contribution is 2.21. The second kappa shape index (κ2) is 3.95. The first-order chi connectivity index (χ1) is 6.79. The van der Waals surface area contributed by atoms with Crippen LogP contribution in [0.5, 0.6) is 5.75 Å². The molecule has 0 aliphatic heterocycles. The third-order valence-electron chi connectivity index (χ3n) is 1.74. The molecule has 4 nitrogen and oxygen atoms in total. The van der Waals surface area contributed by atoms with Crippen molar-refractivity contribution in [1.29, 1.82) is 0 Å². The lowest BCUT2D eigenvalue weighted by molar-refractivity contribution is 0.415. The van der Waals surface area contributed by atoms with E-state index in [9.17, 15) is 0 Å². The molecule has 0 spiro atoms. The predicted molar refractivity (Wildman–Crippen MR) is 59.0 cm³/mol. The monoisotopic (exact) mass is 302 g/mol. The summed E-state index contributed by atoms with van der Waals surface area (Å²) in [6, 6.07) is 7.46. The van der Waals surface area contributed by atoms with Gasteiger partial charge < -0.3 is 9.15 Å². The van der Waals surface area contributed by atoms with Crippen LogP contribution in [0.4, 0.5) is 0 Å². The Morgan fingerprint density at radius 1 is 1.21 bits per heavy atom. The fraction of sp³-hybridized carbons (Fsp3) is 0.111. The minimum Gasteiger partial charge on any atom is -0.497 e. The van der Waals surface area contributed by atoms with Crippen molar-refractivity contribution in [2.45, 2.75) is 0 Å². The Kier molecular flexibility index (Phi) is 2.67. The van der Waals surface area contributed by atoms with Crippen LogP contribution in [-0.2, 0) is 0 Å². The third-order valence-corrected chi connectivity index (χ3v) is 2.17. The average Bonchev–Trinajstić information content (AvgIpc) is 2.65. The lowest BCUT2D eigenvalue weighted by Crippen LogP contribution is -1.82. The molecule has 2 aromatic rings. The van der Waals surface area contributed by atoms with E-state index < -0.39 is 0 Å². The van der Waals surface area contributed by atoms with Gasteiger partial charge in [0.2, 0.25) is 5.89 Å². The normalized spacial score (nSPS) is 10.1. The Morgan fingerprint density at radius 2 is 1.93 bits per heavy atom. The summed E-state index contributed by atoms with van der Waals surface area (Å²) in [4.78, 5) is 0. The Labute approximate surface area is 94.4 Å². The summed E-state index contributed by atoms with van der Waals surface area (Å²) in [5.74, 6) is 1.33. The Morgan fingerprint density at radius 3 is 2.43 bits per heavy atom. The molecule has 0 aliphatic rings. The third kappa shape index (κ3) is 1.87. The number of hydrogen-bond acceptors (Lipinski definition) is 4. The zero-order valence-corrected chi connectivity index (χ0v) is 9.56. The summed E-state index contributed by atoms with van der Waals surface area (Å²) >= 11 is 1.98. The second-order valence-corrected chi connectivity index (χ2v) is 3.51. The number of nitrogens with zero attached hydrogens (tertiary/aromatic N) is 2. The lowest BCUT2D eigenvalue weighted by Gasteiger charge is -1.98. The molecule has 14 heavy (non-hydrogen) atoms. The van der Waals surface area contributed by atoms with Crippen molar-refractivity contribution in [3.63, 3.8) is 0 Å². The molecule has 0 aliphatic carbocycles. The highest BCUT2D eigenvalue weighted by Gasteiger charge is 2.05. The largest absolute Gasteiger partial charge is 0.497 e. The summed E-state index contributed by atoms with van der Waals surface area (Å²) < 4.78 is 10.8. The summed E-state index contributed by atoms with van der Waals surface area (Å²) in [6.07, 6.45) is 0. The van der Waals surface area contributed by atoms with Crippen molar-refractivity contribution in [3.05, 3.63) is 28.2 Å². The van der Waals surface area contributed by atoms with Gasteiger partial charge in [-0.15, -0.1) is 10.2 Å². The number of halogens is 1. The Hall–Kier alpha value is -1.11. The van der Waals surface area contributed by atoms with Gasteiger partial charge in [0.25, 0.3) is 3.90 Å². The molecule has 0 fully saturated rings. The smallest absolute Gasteiger partial charge is 0.278 e. The first-order valence-corrected chi connectivity index (χ1v) is 5.01. The molecule has 0 saturated heterocycles. The molecule has 72 valence electrons. The molecule has 2 rings (SSSR count). The Balaban J connectivity index is 2.33. The average molecular weight is 302 g/mol. The van der Waals surface area contributed by atoms with Gasteiger partial charge in [0, 0.05) is 28.2 Å². The predicted octanol–water partition coefficient (Wildman–Crippen LogP) is 2.35. The maximum atomic E-state index is 5.27. The van der Waals surface area contributed by atoms with Crippen molar-refractivity contribution >= 4 is 22.6 Å². The topological polar surface area (TPSA) is 48.2 Å². The van der Waals surface area contributed by atoms with Crippen LogP contribution in [0.2, 0.25) is 0 Å². The van der Waals surface area contributed by atoms with Crippen molar-refractivity contribution in [1.82, 2.24) is 10.2 Å².